The van der Waals surface area contributed by atoms with Crippen LogP contribution in [0.3, 0.4) is 0 Å². The predicted octanol–water partition coefficient (Wildman–Crippen LogP) is -5.05. The van der Waals surface area contributed by atoms with Crippen molar-refractivity contribution < 1.29 is 82.4 Å². The summed E-state index contributed by atoms with van der Waals surface area (Å²) < 4.78 is 40.1. The van der Waals surface area contributed by atoms with E-state index < -0.39 is 47.6 Å². The Morgan fingerprint density at radius 2 is 0.625 bits per heavy atom. The highest BCUT2D eigenvalue weighted by atomic mass is 32.1. The molecular weight excluding hydrogens is 1170 g/mol. The van der Waals surface area contributed by atoms with Crippen LogP contribution < -0.4 is 0 Å². The molecule has 0 saturated carbocycles. The summed E-state index contributed by atoms with van der Waals surface area (Å²) in [7, 11) is 4.02. The quantitative estimate of drug-likeness (QED) is 0.0220. The average molecular weight is 1270 g/mol. The number of hydrogen-bond acceptors (Lipinski definition) is 26. The van der Waals surface area contributed by atoms with Gasteiger partial charge < -0.3 is 68.3 Å². The standard InChI is InChI=1S/C59H105N11O17S/c1-81-56(78)46-28-53(75)68(31-46)23-20-60-4-12-64(13-5-60)34-49(71)38-84-42-59(45-87-41-52(74)37-67-18-10-63(11-19-67)26-27-88,43-85-39-50(72)35-65-14-6-61(7-15-65)21-24-69-32-47(29-54(69)76)57(79)82-2)44-86-40-51(73)36-66-16-8-62(9-17-66)22-25-70-33-48(30-55(70)77)58(80)83-3/h46-52,71-74,88H,4-45H2,1-3H3. The highest BCUT2D eigenvalue weighted by Crippen LogP contribution is 2.25. The van der Waals surface area contributed by atoms with E-state index in [-0.39, 0.29) is 108 Å². The number of thiol groups is 1. The lowest BCUT2D eigenvalue weighted by Crippen LogP contribution is -2.51. The molecule has 7 aliphatic heterocycles. The third kappa shape index (κ3) is 23.6. The van der Waals surface area contributed by atoms with E-state index in [4.69, 9.17) is 33.2 Å². The largest absolute Gasteiger partial charge is 0.469 e. The number of carbonyl (C=O) groups is 6. The van der Waals surface area contributed by atoms with Gasteiger partial charge in [0.25, 0.3) is 0 Å². The number of ether oxygens (including phenoxy) is 7. The number of carbonyl (C=O) groups excluding carboxylic acids is 6. The second-order valence-corrected chi connectivity index (χ2v) is 25.7. The van der Waals surface area contributed by atoms with Crippen LogP contribution in [0.4, 0.5) is 0 Å². The summed E-state index contributed by atoms with van der Waals surface area (Å²) in [5.41, 5.74) is -1.00. The highest BCUT2D eigenvalue weighted by Gasteiger charge is 2.39. The van der Waals surface area contributed by atoms with Gasteiger partial charge in [-0.3, -0.25) is 68.0 Å². The lowest BCUT2D eigenvalue weighted by molar-refractivity contribution is -0.145. The molecule has 29 heteroatoms. The van der Waals surface area contributed by atoms with Gasteiger partial charge in [0.2, 0.25) is 17.7 Å². The fraction of sp³-hybridized carbons (Fsp3) is 0.898. The maximum atomic E-state index is 12.6. The third-order valence-electron chi connectivity index (χ3n) is 18.3. The Labute approximate surface area is 525 Å². The van der Waals surface area contributed by atoms with E-state index in [1.165, 1.54) is 21.3 Å². The van der Waals surface area contributed by atoms with Crippen LogP contribution in [0.25, 0.3) is 0 Å². The van der Waals surface area contributed by atoms with Gasteiger partial charge in [-0.05, 0) is 0 Å². The minimum atomic E-state index is -1.00. The van der Waals surface area contributed by atoms with Crippen molar-refractivity contribution in [3.63, 3.8) is 0 Å². The van der Waals surface area contributed by atoms with Gasteiger partial charge in [0.05, 0.1) is 122 Å². The molecule has 0 aromatic heterocycles. The molecule has 3 amide bonds. The van der Waals surface area contributed by atoms with Gasteiger partial charge in [0.15, 0.2) is 0 Å². The molecule has 0 aromatic carbocycles. The SMILES string of the molecule is COC(=O)C1CC(=O)N(CCN2CCN(CC(O)COCC(COCC(O)CN3CCN(CCS)CC3)(COCC(O)CN3CCN(CCN4CC(C(=O)OC)CC4=O)CC3)COCC(O)CN3CCN(CCN4CC(C(=O)OC)CC4=O)CC3)CC2)C1. The average Bonchev–Trinajstić information content (AvgIpc) is 4.46. The van der Waals surface area contributed by atoms with Crippen LogP contribution in [0.5, 0.6) is 0 Å². The molecule has 7 fully saturated rings. The van der Waals surface area contributed by atoms with Gasteiger partial charge in [-0.1, -0.05) is 0 Å². The molecule has 7 heterocycles. The monoisotopic (exact) mass is 1270 g/mol. The molecule has 7 aliphatic rings. The molecule has 7 rings (SSSR count). The molecule has 0 spiro atoms. The zero-order chi connectivity index (χ0) is 63.0. The van der Waals surface area contributed by atoms with Gasteiger partial charge in [0.1, 0.15) is 0 Å². The Morgan fingerprint density at radius 1 is 0.398 bits per heavy atom. The molecule has 504 valence electrons. The number of β-amino-alcohol motifs (C(OH)–C–C–N with tert-alkyl or cyclic N) is 4. The first kappa shape index (κ1) is 72.0. The first-order valence-corrected chi connectivity index (χ1v) is 32.6. The third-order valence-corrected chi connectivity index (χ3v) is 18.5. The van der Waals surface area contributed by atoms with E-state index in [2.05, 4.69) is 51.8 Å². The van der Waals surface area contributed by atoms with E-state index in [0.29, 0.717) is 124 Å². The van der Waals surface area contributed by atoms with Crippen molar-refractivity contribution in [3.8, 4) is 0 Å². The maximum absolute atomic E-state index is 12.6. The van der Waals surface area contributed by atoms with Crippen molar-refractivity contribution in [2.75, 3.05) is 276 Å². The predicted molar refractivity (Wildman–Crippen MR) is 325 cm³/mol. The van der Waals surface area contributed by atoms with Crippen LogP contribution in [-0.2, 0) is 61.9 Å². The number of likely N-dealkylation sites (tertiary alicyclic amines) is 3. The van der Waals surface area contributed by atoms with Crippen molar-refractivity contribution in [2.24, 2.45) is 23.2 Å². The minimum Gasteiger partial charge on any atom is -0.469 e. The minimum absolute atomic E-state index is 0.00385. The lowest BCUT2D eigenvalue weighted by Gasteiger charge is -2.37. The Morgan fingerprint density at radius 3 is 0.852 bits per heavy atom. The Kier molecular flexibility index (Phi) is 30.5. The summed E-state index contributed by atoms with van der Waals surface area (Å²) >= 11 is 4.39. The number of hydrogen-bond donors (Lipinski definition) is 5. The molecular formula is C59H105N11O17S. The van der Waals surface area contributed by atoms with Crippen molar-refractivity contribution in [2.45, 2.75) is 43.7 Å². The fourth-order valence-electron chi connectivity index (χ4n) is 12.9. The number of piperazine rings is 4. The Bertz CT molecular complexity index is 1940. The van der Waals surface area contributed by atoms with Gasteiger partial charge in [0, 0.05) is 221 Å². The zero-order valence-electron chi connectivity index (χ0n) is 52.7. The van der Waals surface area contributed by atoms with Crippen LogP contribution in [-0.4, -0.2) is 411 Å². The summed E-state index contributed by atoms with van der Waals surface area (Å²) in [6.45, 7) is 19.5. The normalized spacial score (nSPS) is 25.2. The molecule has 0 aromatic rings. The summed E-state index contributed by atoms with van der Waals surface area (Å²) in [6, 6.07) is 0. The molecule has 7 unspecified atom stereocenters. The Balaban J connectivity index is 0.918. The van der Waals surface area contributed by atoms with E-state index >= 15 is 0 Å². The zero-order valence-corrected chi connectivity index (χ0v) is 53.6. The van der Waals surface area contributed by atoms with Gasteiger partial charge in [-0.2, -0.15) is 12.6 Å². The van der Waals surface area contributed by atoms with Crippen molar-refractivity contribution in [1.82, 2.24) is 53.9 Å². The molecule has 0 aliphatic carbocycles. The van der Waals surface area contributed by atoms with Crippen molar-refractivity contribution in [3.05, 3.63) is 0 Å². The lowest BCUT2D eigenvalue weighted by atomic mass is 9.92. The van der Waals surface area contributed by atoms with Gasteiger partial charge in [-0.15, -0.1) is 0 Å². The van der Waals surface area contributed by atoms with Crippen molar-refractivity contribution in [1.29, 1.82) is 0 Å². The maximum Gasteiger partial charge on any atom is 0.310 e. The number of methoxy groups -OCH3 is 3. The number of amides is 3. The van der Waals surface area contributed by atoms with Gasteiger partial charge in [-0.25, -0.2) is 0 Å². The highest BCUT2D eigenvalue weighted by molar-refractivity contribution is 7.80. The Hall–Kier alpha value is -3.47. The first-order valence-electron chi connectivity index (χ1n) is 31.9. The molecule has 4 N–H and O–H groups in total. The van der Waals surface area contributed by atoms with Crippen LogP contribution >= 0.6 is 12.6 Å². The van der Waals surface area contributed by atoms with Gasteiger partial charge >= 0.3 is 17.9 Å². The summed E-state index contributed by atoms with van der Waals surface area (Å²) in [5.74, 6) is -1.70. The van der Waals surface area contributed by atoms with E-state index in [9.17, 15) is 49.2 Å². The molecule has 0 radical (unpaired) electrons. The van der Waals surface area contributed by atoms with E-state index in [0.717, 1.165) is 77.7 Å². The topological polar surface area (TPSA) is 284 Å². The number of rotatable bonds is 38. The molecule has 7 saturated heterocycles. The van der Waals surface area contributed by atoms with E-state index in [1.807, 2.05) is 0 Å². The number of nitrogens with zero attached hydrogens (tertiary/aromatic N) is 11. The van der Waals surface area contributed by atoms with Crippen LogP contribution in [0.2, 0.25) is 0 Å². The van der Waals surface area contributed by atoms with Crippen LogP contribution in [0.1, 0.15) is 19.3 Å². The van der Waals surface area contributed by atoms with Crippen molar-refractivity contribution >= 4 is 48.3 Å². The summed E-state index contributed by atoms with van der Waals surface area (Å²) in [6.07, 6.45) is -2.79. The first-order chi connectivity index (χ1) is 42.4. The fourth-order valence-corrected chi connectivity index (χ4v) is 13.2. The summed E-state index contributed by atoms with van der Waals surface area (Å²) in [4.78, 5) is 97.1. The molecule has 88 heavy (non-hydrogen) atoms. The molecule has 28 nitrogen and oxygen atoms in total. The van der Waals surface area contributed by atoms with Crippen LogP contribution in [0.15, 0.2) is 0 Å². The second-order valence-electron chi connectivity index (χ2n) is 25.3. The second kappa shape index (κ2) is 37.3. The summed E-state index contributed by atoms with van der Waals surface area (Å²) in [5, 5.41) is 45.6. The molecule has 7 atom stereocenters. The van der Waals surface area contributed by atoms with E-state index in [1.54, 1.807) is 14.7 Å². The number of aliphatic hydroxyl groups is 4. The number of esters is 3. The number of aliphatic hydroxyl groups excluding tert-OH is 4. The smallest absolute Gasteiger partial charge is 0.310 e. The van der Waals surface area contributed by atoms with Crippen LogP contribution in [0, 0.1) is 23.2 Å². The molecule has 0 bridgehead atoms.